The van der Waals surface area contributed by atoms with Crippen molar-refractivity contribution in [1.29, 1.82) is 0 Å². The van der Waals surface area contributed by atoms with Crippen LogP contribution in [-0.4, -0.2) is 5.16 Å². The second-order valence-electron chi connectivity index (χ2n) is 3.35. The van der Waals surface area contributed by atoms with Gasteiger partial charge in [-0.15, -0.1) is 0 Å². The van der Waals surface area contributed by atoms with Gasteiger partial charge in [-0.3, -0.25) is 0 Å². The molecule has 0 fully saturated rings. The van der Waals surface area contributed by atoms with Gasteiger partial charge in [-0.1, -0.05) is 22.8 Å². The fraction of sp³-hybridized carbons (Fsp3) is 0.182. The van der Waals surface area contributed by atoms with Crippen molar-refractivity contribution in [1.82, 2.24) is 5.16 Å². The molecule has 2 aromatic rings. The minimum absolute atomic E-state index is 0.685. The summed E-state index contributed by atoms with van der Waals surface area (Å²) in [6.07, 6.45) is 3.31. The zero-order valence-corrected chi connectivity index (χ0v) is 9.08. The number of benzene rings is 1. The molecule has 0 radical (unpaired) electrons. The molecule has 4 heteroatoms. The minimum atomic E-state index is 0.685. The Morgan fingerprint density at radius 3 is 3.07 bits per heavy atom. The summed E-state index contributed by atoms with van der Waals surface area (Å²) in [6, 6.07) is 5.77. The highest BCUT2D eigenvalue weighted by Crippen LogP contribution is 2.20. The van der Waals surface area contributed by atoms with Gasteiger partial charge in [0, 0.05) is 22.8 Å². The fourth-order valence-electron chi connectivity index (χ4n) is 1.30. The Bertz CT molecular complexity index is 440. The van der Waals surface area contributed by atoms with Crippen LogP contribution in [0, 0.1) is 6.92 Å². The predicted octanol–water partition coefficient (Wildman–Crippen LogP) is 3.25. The summed E-state index contributed by atoms with van der Waals surface area (Å²) < 4.78 is 4.74. The van der Waals surface area contributed by atoms with Crippen molar-refractivity contribution in [3.8, 4) is 0 Å². The standard InChI is InChI=1S/C11H11ClN2O/c1-8-2-3-10(12)4-11(8)13-5-9-6-14-15-7-9/h2-4,6-7,13H,5H2,1H3. The third-order valence-corrected chi connectivity index (χ3v) is 2.40. The Morgan fingerprint density at radius 1 is 1.47 bits per heavy atom. The molecule has 0 saturated heterocycles. The number of rotatable bonds is 3. The third kappa shape index (κ3) is 2.50. The molecule has 0 atom stereocenters. The number of nitrogens with one attached hydrogen (secondary N) is 1. The van der Waals surface area contributed by atoms with Gasteiger partial charge in [0.15, 0.2) is 0 Å². The molecule has 2 rings (SSSR count). The molecule has 78 valence electrons. The molecule has 1 N–H and O–H groups in total. The quantitative estimate of drug-likeness (QED) is 0.867. The Morgan fingerprint density at radius 2 is 2.33 bits per heavy atom. The Balaban J connectivity index is 2.07. The molecule has 1 heterocycles. The first-order valence-electron chi connectivity index (χ1n) is 4.64. The predicted molar refractivity (Wildman–Crippen MR) is 60.0 cm³/mol. The molecule has 0 saturated carbocycles. The lowest BCUT2D eigenvalue weighted by atomic mass is 10.2. The molecule has 1 aromatic heterocycles. The number of halogens is 1. The number of aromatic nitrogens is 1. The zero-order valence-electron chi connectivity index (χ0n) is 8.33. The maximum Gasteiger partial charge on any atom is 0.128 e. The average Bonchev–Trinajstić information content (AvgIpc) is 2.72. The van der Waals surface area contributed by atoms with E-state index in [-0.39, 0.29) is 0 Å². The number of hydrogen-bond donors (Lipinski definition) is 1. The molecule has 0 bridgehead atoms. The maximum absolute atomic E-state index is 5.91. The van der Waals surface area contributed by atoms with Crippen LogP contribution >= 0.6 is 11.6 Å². The van der Waals surface area contributed by atoms with E-state index in [2.05, 4.69) is 10.5 Å². The summed E-state index contributed by atoms with van der Waals surface area (Å²) in [5.41, 5.74) is 3.20. The van der Waals surface area contributed by atoms with Gasteiger partial charge in [0.25, 0.3) is 0 Å². The molecule has 0 spiro atoms. The van der Waals surface area contributed by atoms with Crippen molar-refractivity contribution < 1.29 is 4.52 Å². The Labute approximate surface area is 93.0 Å². The Hall–Kier alpha value is -1.48. The number of anilines is 1. The van der Waals surface area contributed by atoms with Crippen molar-refractivity contribution >= 4 is 17.3 Å². The molecule has 0 aliphatic carbocycles. The van der Waals surface area contributed by atoms with E-state index in [0.717, 1.165) is 21.8 Å². The second kappa shape index (κ2) is 4.36. The summed E-state index contributed by atoms with van der Waals surface area (Å²) in [5, 5.41) is 7.64. The molecule has 0 aliphatic heterocycles. The lowest BCUT2D eigenvalue weighted by molar-refractivity contribution is 0.419. The molecule has 0 aliphatic rings. The van der Waals surface area contributed by atoms with Gasteiger partial charge in [0.05, 0.1) is 6.20 Å². The van der Waals surface area contributed by atoms with E-state index in [1.807, 2.05) is 25.1 Å². The summed E-state index contributed by atoms with van der Waals surface area (Å²) in [7, 11) is 0. The monoisotopic (exact) mass is 222 g/mol. The Kier molecular flexibility index (Phi) is 2.92. The zero-order chi connectivity index (χ0) is 10.7. The highest BCUT2D eigenvalue weighted by molar-refractivity contribution is 6.30. The van der Waals surface area contributed by atoms with Gasteiger partial charge in [-0.25, -0.2) is 0 Å². The van der Waals surface area contributed by atoms with Crippen LogP contribution in [0.25, 0.3) is 0 Å². The van der Waals surface area contributed by atoms with Gasteiger partial charge < -0.3 is 9.84 Å². The van der Waals surface area contributed by atoms with E-state index >= 15 is 0 Å². The highest BCUT2D eigenvalue weighted by atomic mass is 35.5. The third-order valence-electron chi connectivity index (χ3n) is 2.17. The van der Waals surface area contributed by atoms with E-state index in [0.29, 0.717) is 6.54 Å². The van der Waals surface area contributed by atoms with Crippen LogP contribution in [0.3, 0.4) is 0 Å². The van der Waals surface area contributed by atoms with Gasteiger partial charge in [-0.2, -0.15) is 0 Å². The average molecular weight is 223 g/mol. The second-order valence-corrected chi connectivity index (χ2v) is 3.78. The molecular formula is C11H11ClN2O. The lowest BCUT2D eigenvalue weighted by Crippen LogP contribution is -1.99. The largest absolute Gasteiger partial charge is 0.381 e. The molecule has 3 nitrogen and oxygen atoms in total. The van der Waals surface area contributed by atoms with Crippen LogP contribution < -0.4 is 5.32 Å². The van der Waals surface area contributed by atoms with Crippen LogP contribution in [-0.2, 0) is 6.54 Å². The van der Waals surface area contributed by atoms with Crippen LogP contribution in [0.4, 0.5) is 5.69 Å². The van der Waals surface area contributed by atoms with E-state index in [1.54, 1.807) is 12.5 Å². The first-order chi connectivity index (χ1) is 7.25. The van der Waals surface area contributed by atoms with Crippen LogP contribution in [0.2, 0.25) is 5.02 Å². The topological polar surface area (TPSA) is 38.1 Å². The van der Waals surface area contributed by atoms with Crippen molar-refractivity contribution in [2.24, 2.45) is 0 Å². The van der Waals surface area contributed by atoms with Crippen LogP contribution in [0.1, 0.15) is 11.1 Å². The summed E-state index contributed by atoms with van der Waals surface area (Å²) >= 11 is 5.91. The van der Waals surface area contributed by atoms with E-state index in [4.69, 9.17) is 16.1 Å². The first kappa shape index (κ1) is 10.1. The smallest absolute Gasteiger partial charge is 0.128 e. The summed E-state index contributed by atoms with van der Waals surface area (Å²) in [5.74, 6) is 0. The number of hydrogen-bond acceptors (Lipinski definition) is 3. The van der Waals surface area contributed by atoms with Crippen molar-refractivity contribution in [2.75, 3.05) is 5.32 Å². The van der Waals surface area contributed by atoms with Gasteiger partial charge in [-0.05, 0) is 24.6 Å². The fourth-order valence-corrected chi connectivity index (χ4v) is 1.47. The molecule has 1 aromatic carbocycles. The van der Waals surface area contributed by atoms with Gasteiger partial charge in [0.1, 0.15) is 6.26 Å². The summed E-state index contributed by atoms with van der Waals surface area (Å²) in [4.78, 5) is 0. The van der Waals surface area contributed by atoms with Gasteiger partial charge in [0.2, 0.25) is 0 Å². The number of nitrogens with zero attached hydrogens (tertiary/aromatic N) is 1. The van der Waals surface area contributed by atoms with E-state index in [9.17, 15) is 0 Å². The first-order valence-corrected chi connectivity index (χ1v) is 5.02. The van der Waals surface area contributed by atoms with E-state index in [1.165, 1.54) is 0 Å². The normalized spacial score (nSPS) is 10.3. The lowest BCUT2D eigenvalue weighted by Gasteiger charge is -2.08. The molecule has 0 amide bonds. The van der Waals surface area contributed by atoms with Crippen LogP contribution in [0.5, 0.6) is 0 Å². The SMILES string of the molecule is Cc1ccc(Cl)cc1NCc1cnoc1. The van der Waals surface area contributed by atoms with Crippen molar-refractivity contribution in [2.45, 2.75) is 13.5 Å². The summed E-state index contributed by atoms with van der Waals surface area (Å²) in [6.45, 7) is 2.72. The van der Waals surface area contributed by atoms with Crippen LogP contribution in [0.15, 0.2) is 35.2 Å². The van der Waals surface area contributed by atoms with Gasteiger partial charge >= 0.3 is 0 Å². The molecular weight excluding hydrogens is 212 g/mol. The molecule has 15 heavy (non-hydrogen) atoms. The maximum atomic E-state index is 5.91. The number of aryl methyl sites for hydroxylation is 1. The van der Waals surface area contributed by atoms with Crippen molar-refractivity contribution in [3.05, 3.63) is 46.8 Å². The molecule has 0 unspecified atom stereocenters. The minimum Gasteiger partial charge on any atom is -0.381 e. The van der Waals surface area contributed by atoms with E-state index < -0.39 is 0 Å². The van der Waals surface area contributed by atoms with Crippen molar-refractivity contribution in [3.63, 3.8) is 0 Å². The highest BCUT2D eigenvalue weighted by Gasteiger charge is 2.00.